The molecule has 2 aromatic carbocycles. The van der Waals surface area contributed by atoms with Crippen LogP contribution < -0.4 is 4.46 Å². The number of alkyl halides is 3. The minimum atomic E-state index is -4.27. The van der Waals surface area contributed by atoms with Gasteiger partial charge in [0.1, 0.15) is 0 Å². The molecule has 0 saturated heterocycles. The van der Waals surface area contributed by atoms with Crippen LogP contribution in [0.3, 0.4) is 0 Å². The molecule has 0 bridgehead atoms. The molecule has 0 saturated carbocycles. The summed E-state index contributed by atoms with van der Waals surface area (Å²) >= 11 is -0.00686. The summed E-state index contributed by atoms with van der Waals surface area (Å²) in [6, 6.07) is 16.0. The summed E-state index contributed by atoms with van der Waals surface area (Å²) in [5, 5.41) is 0. The second-order valence-corrected chi connectivity index (χ2v) is 15.0. The normalized spacial score (nSPS) is 13.9. The molecule has 0 spiro atoms. The molecule has 5 heteroatoms. The Balaban J connectivity index is 2.33. The van der Waals surface area contributed by atoms with Crippen LogP contribution in [0.2, 0.25) is 19.6 Å². The monoisotopic (exact) mass is 388 g/mol. The van der Waals surface area contributed by atoms with E-state index in [1.807, 2.05) is 24.3 Å². The third-order valence-electron chi connectivity index (χ3n) is 3.30. The van der Waals surface area contributed by atoms with E-state index in [1.54, 1.807) is 0 Å². The van der Waals surface area contributed by atoms with Crippen LogP contribution in [0, 0.1) is 0 Å². The van der Waals surface area contributed by atoms with Gasteiger partial charge in [0.2, 0.25) is 0 Å². The van der Waals surface area contributed by atoms with Gasteiger partial charge in [-0.25, -0.2) is 0 Å². The average Bonchev–Trinajstić information content (AvgIpc) is 2.44. The quantitative estimate of drug-likeness (QED) is 0.670. The fourth-order valence-electron chi connectivity index (χ4n) is 2.25. The van der Waals surface area contributed by atoms with Crippen molar-refractivity contribution in [1.29, 1.82) is 0 Å². The molecule has 0 amide bonds. The summed E-state index contributed by atoms with van der Waals surface area (Å²) in [7, 11) is -1.53. The Morgan fingerprint density at radius 2 is 1.55 bits per heavy atom. The van der Waals surface area contributed by atoms with Crippen LogP contribution in [0.1, 0.15) is 15.6 Å². The van der Waals surface area contributed by atoms with Gasteiger partial charge in [0, 0.05) is 0 Å². The zero-order valence-corrected chi connectivity index (χ0v) is 15.5. The van der Waals surface area contributed by atoms with Crippen molar-refractivity contribution in [2.75, 3.05) is 0 Å². The molecule has 0 nitrogen and oxygen atoms in total. The molecule has 0 aromatic heterocycles. The first-order chi connectivity index (χ1) is 10.2. The van der Waals surface area contributed by atoms with Crippen LogP contribution in [0.15, 0.2) is 54.6 Å². The molecule has 0 N–H and O–H groups in total. The van der Waals surface area contributed by atoms with Gasteiger partial charge in [0.05, 0.1) is 0 Å². The van der Waals surface area contributed by atoms with E-state index in [4.69, 9.17) is 0 Å². The van der Waals surface area contributed by atoms with E-state index in [1.165, 1.54) is 17.7 Å². The average molecular weight is 387 g/mol. The first-order valence-electron chi connectivity index (χ1n) is 7.07. The Morgan fingerprint density at radius 1 is 0.909 bits per heavy atom. The van der Waals surface area contributed by atoms with Gasteiger partial charge in [-0.2, -0.15) is 0 Å². The Hall–Kier alpha value is -1.03. The standard InChI is InChI=1S/C17H19F3SeSi/c1-22(2,3)16(13-8-5-4-6-9-13)21-15-11-7-10-14(12-15)17(18,19)20/h4-12,16H,1-3H3. The molecule has 0 fully saturated rings. The predicted molar refractivity (Wildman–Crippen MR) is 89.4 cm³/mol. The fourth-order valence-corrected chi connectivity index (χ4v) is 8.66. The molecule has 2 rings (SSSR count). The third kappa shape index (κ3) is 4.48. The summed E-state index contributed by atoms with van der Waals surface area (Å²) < 4.78 is 39.8. The summed E-state index contributed by atoms with van der Waals surface area (Å²) in [6.07, 6.45) is -4.27. The maximum absolute atomic E-state index is 12.9. The molecule has 0 aliphatic rings. The van der Waals surface area contributed by atoms with Gasteiger partial charge >= 0.3 is 137 Å². The molecule has 0 aliphatic carbocycles. The number of hydrogen-bond donors (Lipinski definition) is 0. The Labute approximate surface area is 136 Å². The summed E-state index contributed by atoms with van der Waals surface area (Å²) in [4.78, 5) is 0. The van der Waals surface area contributed by atoms with E-state index >= 15 is 0 Å². The Morgan fingerprint density at radius 3 is 2.09 bits per heavy atom. The summed E-state index contributed by atoms with van der Waals surface area (Å²) in [5.74, 6) is 0. The molecule has 0 radical (unpaired) electrons. The topological polar surface area (TPSA) is 0 Å². The van der Waals surface area contributed by atoms with Crippen molar-refractivity contribution in [2.24, 2.45) is 0 Å². The van der Waals surface area contributed by atoms with Gasteiger partial charge in [-0.1, -0.05) is 0 Å². The maximum atomic E-state index is 12.9. The number of hydrogen-bond acceptors (Lipinski definition) is 0. The summed E-state index contributed by atoms with van der Waals surface area (Å²) in [5.41, 5.74) is 0.702. The van der Waals surface area contributed by atoms with Gasteiger partial charge < -0.3 is 0 Å². The number of halogens is 3. The van der Waals surface area contributed by atoms with E-state index in [0.29, 0.717) is 4.44 Å². The SMILES string of the molecule is C[Si](C)(C)C([Se]c1cccc(C(F)(F)F)c1)c1ccccc1. The van der Waals surface area contributed by atoms with Crippen LogP contribution in [0.4, 0.5) is 13.2 Å². The molecule has 1 atom stereocenters. The number of rotatable bonds is 4. The van der Waals surface area contributed by atoms with E-state index in [0.717, 1.165) is 10.5 Å². The molecule has 1 unspecified atom stereocenters. The van der Waals surface area contributed by atoms with Crippen LogP contribution in [-0.2, 0) is 6.18 Å². The predicted octanol–water partition coefficient (Wildman–Crippen LogP) is 4.65. The van der Waals surface area contributed by atoms with Crippen molar-refractivity contribution >= 4 is 27.5 Å². The van der Waals surface area contributed by atoms with Crippen LogP contribution in [0.25, 0.3) is 0 Å². The Kier molecular flexibility index (Phi) is 5.20. The van der Waals surface area contributed by atoms with Gasteiger partial charge in [0.25, 0.3) is 0 Å². The minimum absolute atomic E-state index is 0.00686. The van der Waals surface area contributed by atoms with Gasteiger partial charge in [-0.3, -0.25) is 0 Å². The van der Waals surface area contributed by atoms with Crippen molar-refractivity contribution in [3.05, 3.63) is 65.7 Å². The zero-order valence-electron chi connectivity index (χ0n) is 12.8. The van der Waals surface area contributed by atoms with Gasteiger partial charge in [-0.05, 0) is 0 Å². The van der Waals surface area contributed by atoms with E-state index in [-0.39, 0.29) is 15.0 Å². The second kappa shape index (κ2) is 6.61. The van der Waals surface area contributed by atoms with Crippen molar-refractivity contribution in [2.45, 2.75) is 30.3 Å². The van der Waals surface area contributed by atoms with Crippen LogP contribution in [0.5, 0.6) is 0 Å². The third-order valence-corrected chi connectivity index (χ3v) is 12.4. The van der Waals surface area contributed by atoms with Crippen molar-refractivity contribution < 1.29 is 13.2 Å². The van der Waals surface area contributed by atoms with E-state index in [9.17, 15) is 13.2 Å². The molecule has 118 valence electrons. The Bertz CT molecular complexity index is 618. The van der Waals surface area contributed by atoms with Crippen molar-refractivity contribution in [1.82, 2.24) is 0 Å². The second-order valence-electron chi connectivity index (χ2n) is 6.30. The van der Waals surface area contributed by atoms with Crippen molar-refractivity contribution in [3.63, 3.8) is 0 Å². The molecule has 22 heavy (non-hydrogen) atoms. The van der Waals surface area contributed by atoms with Crippen LogP contribution >= 0.6 is 0 Å². The van der Waals surface area contributed by atoms with Crippen LogP contribution in [-0.4, -0.2) is 23.0 Å². The van der Waals surface area contributed by atoms with Crippen molar-refractivity contribution in [3.8, 4) is 0 Å². The number of benzene rings is 2. The first-order valence-corrected chi connectivity index (χ1v) is 12.5. The summed E-state index contributed by atoms with van der Waals surface area (Å²) in [6.45, 7) is 6.83. The molecule has 0 aliphatic heterocycles. The first kappa shape index (κ1) is 17.3. The molecule has 2 aromatic rings. The fraction of sp³-hybridized carbons (Fsp3) is 0.294. The van der Waals surface area contributed by atoms with E-state index < -0.39 is 19.8 Å². The zero-order chi connectivity index (χ0) is 16.4. The van der Waals surface area contributed by atoms with Gasteiger partial charge in [-0.15, -0.1) is 0 Å². The van der Waals surface area contributed by atoms with E-state index in [2.05, 4.69) is 31.8 Å². The molecular formula is C17H19F3SeSi. The molecule has 0 heterocycles. The van der Waals surface area contributed by atoms with Gasteiger partial charge in [0.15, 0.2) is 0 Å². The molecular weight excluding hydrogens is 368 g/mol.